The lowest BCUT2D eigenvalue weighted by atomic mass is 9.93. The van der Waals surface area contributed by atoms with Crippen LogP contribution in [0, 0.1) is 10.1 Å². The Morgan fingerprint density at radius 3 is 2.50 bits per heavy atom. The number of para-hydroxylation sites is 1. The van der Waals surface area contributed by atoms with Gasteiger partial charge in [-0.15, -0.1) is 0 Å². The lowest BCUT2D eigenvalue weighted by Gasteiger charge is -2.39. The normalized spacial score (nSPS) is 21.2. The van der Waals surface area contributed by atoms with E-state index in [0.717, 1.165) is 16.3 Å². The van der Waals surface area contributed by atoms with E-state index in [1.54, 1.807) is 5.06 Å². The predicted molar refractivity (Wildman–Crippen MR) is 102 cm³/mol. The van der Waals surface area contributed by atoms with Crippen LogP contribution in [0.15, 0.2) is 59.1 Å². The zero-order chi connectivity index (χ0) is 18.5. The first-order valence-corrected chi connectivity index (χ1v) is 9.22. The second-order valence-electron chi connectivity index (χ2n) is 6.27. The number of aldehydes is 1. The molecule has 1 fully saturated rings. The van der Waals surface area contributed by atoms with Gasteiger partial charge in [-0.2, -0.15) is 0 Å². The number of hydrogen-bond acceptors (Lipinski definition) is 5. The molecule has 1 saturated heterocycles. The third kappa shape index (κ3) is 4.28. The molecule has 2 aromatic rings. The molecule has 0 aromatic heterocycles. The van der Waals surface area contributed by atoms with Crippen molar-refractivity contribution >= 4 is 27.9 Å². The Morgan fingerprint density at radius 2 is 1.88 bits per heavy atom. The minimum Gasteiger partial charge on any atom is -0.300 e. The van der Waals surface area contributed by atoms with Gasteiger partial charge >= 0.3 is 0 Å². The number of halogens is 1. The van der Waals surface area contributed by atoms with Gasteiger partial charge < -0.3 is 4.79 Å². The number of carbonyl (C=O) groups excluding carboxylic acids is 1. The number of rotatable bonds is 6. The summed E-state index contributed by atoms with van der Waals surface area (Å²) in [6.07, 6.45) is 1.46. The van der Waals surface area contributed by atoms with E-state index >= 15 is 0 Å². The fraction of sp³-hybridized carbons (Fsp3) is 0.316. The Bertz CT molecular complexity index is 754. The van der Waals surface area contributed by atoms with Crippen molar-refractivity contribution in [3.8, 4) is 0 Å². The van der Waals surface area contributed by atoms with Gasteiger partial charge in [0.15, 0.2) is 6.29 Å². The summed E-state index contributed by atoms with van der Waals surface area (Å²) in [4.78, 5) is 28.6. The van der Waals surface area contributed by atoms with Crippen molar-refractivity contribution in [1.82, 2.24) is 0 Å². The van der Waals surface area contributed by atoms with Gasteiger partial charge in [0.2, 0.25) is 6.04 Å². The van der Waals surface area contributed by atoms with E-state index in [2.05, 4.69) is 15.9 Å². The molecule has 1 aliphatic heterocycles. The van der Waals surface area contributed by atoms with Crippen LogP contribution in [0.2, 0.25) is 0 Å². The molecule has 136 valence electrons. The van der Waals surface area contributed by atoms with Crippen LogP contribution in [-0.4, -0.2) is 29.4 Å². The summed E-state index contributed by atoms with van der Waals surface area (Å²) < 4.78 is 0.930. The lowest BCUT2D eigenvalue weighted by molar-refractivity contribution is -0.527. The largest absolute Gasteiger partial charge is 0.300 e. The first-order chi connectivity index (χ1) is 12.6. The van der Waals surface area contributed by atoms with Gasteiger partial charge in [-0.1, -0.05) is 46.3 Å². The Balaban J connectivity index is 1.88. The average Bonchev–Trinajstić information content (AvgIpc) is 2.67. The molecule has 0 radical (unpaired) electrons. The number of nitrogens with zero attached hydrogens (tertiary/aromatic N) is 2. The van der Waals surface area contributed by atoms with E-state index in [1.165, 1.54) is 0 Å². The number of hydrogen-bond donors (Lipinski definition) is 0. The predicted octanol–water partition coefficient (Wildman–Crippen LogP) is 3.81. The molecular formula is C19H19BrN2O4. The van der Waals surface area contributed by atoms with Crippen molar-refractivity contribution in [2.45, 2.75) is 37.5 Å². The first-order valence-electron chi connectivity index (χ1n) is 8.43. The van der Waals surface area contributed by atoms with Crippen LogP contribution in [0.25, 0.3) is 0 Å². The minimum atomic E-state index is -0.844. The lowest BCUT2D eigenvalue weighted by Crippen LogP contribution is -2.53. The Hall–Kier alpha value is -2.25. The molecule has 6 nitrogen and oxygen atoms in total. The number of hydroxylamine groups is 1. The highest BCUT2D eigenvalue weighted by molar-refractivity contribution is 9.10. The highest BCUT2D eigenvalue weighted by atomic mass is 79.9. The van der Waals surface area contributed by atoms with E-state index in [1.807, 2.05) is 54.6 Å². The molecule has 0 saturated carbocycles. The molecule has 0 bridgehead atoms. The van der Waals surface area contributed by atoms with Gasteiger partial charge in [0.25, 0.3) is 0 Å². The monoisotopic (exact) mass is 418 g/mol. The van der Waals surface area contributed by atoms with Crippen LogP contribution < -0.4 is 5.06 Å². The third-order valence-electron chi connectivity index (χ3n) is 4.53. The summed E-state index contributed by atoms with van der Waals surface area (Å²) in [6, 6.07) is 15.4. The van der Waals surface area contributed by atoms with Crippen LogP contribution in [0.4, 0.5) is 5.69 Å². The van der Waals surface area contributed by atoms with Gasteiger partial charge in [-0.3, -0.25) is 15.0 Å². The van der Waals surface area contributed by atoms with Gasteiger partial charge in [-0.25, -0.2) is 5.06 Å². The number of nitro groups is 1. The molecule has 2 aromatic carbocycles. The number of anilines is 1. The zero-order valence-electron chi connectivity index (χ0n) is 14.0. The quantitative estimate of drug-likeness (QED) is 0.405. The fourth-order valence-electron chi connectivity index (χ4n) is 3.21. The standard InChI is InChI=1S/C19H19BrN2O4/c20-15-8-6-14(7-9-15)12-19(22(24)25)18-11-10-17(13-23)26-21(18)16-4-2-1-3-5-16/h1-9,13,17-19H,10-12H2/t17-,18-,19?/m1/s1. The summed E-state index contributed by atoms with van der Waals surface area (Å²) in [5.41, 5.74) is 1.60. The minimum absolute atomic E-state index is 0.243. The highest BCUT2D eigenvalue weighted by Gasteiger charge is 2.41. The van der Waals surface area contributed by atoms with Crippen molar-refractivity contribution in [3.05, 3.63) is 74.7 Å². The van der Waals surface area contributed by atoms with Gasteiger partial charge in [0.05, 0.1) is 5.69 Å². The zero-order valence-corrected chi connectivity index (χ0v) is 15.6. The molecule has 3 rings (SSSR count). The number of benzene rings is 2. The summed E-state index contributed by atoms with van der Waals surface area (Å²) in [7, 11) is 0. The van der Waals surface area contributed by atoms with E-state index in [9.17, 15) is 14.9 Å². The fourth-order valence-corrected chi connectivity index (χ4v) is 3.48. The van der Waals surface area contributed by atoms with Crippen LogP contribution in [0.5, 0.6) is 0 Å². The molecule has 0 spiro atoms. The summed E-state index contributed by atoms with van der Waals surface area (Å²) >= 11 is 3.38. The van der Waals surface area contributed by atoms with Crippen molar-refractivity contribution < 1.29 is 14.6 Å². The average molecular weight is 419 g/mol. The van der Waals surface area contributed by atoms with E-state index < -0.39 is 18.2 Å². The van der Waals surface area contributed by atoms with Crippen LogP contribution in [0.3, 0.4) is 0 Å². The van der Waals surface area contributed by atoms with Crippen molar-refractivity contribution in [2.24, 2.45) is 0 Å². The van der Waals surface area contributed by atoms with E-state index in [0.29, 0.717) is 24.9 Å². The van der Waals surface area contributed by atoms with Gasteiger partial charge in [0.1, 0.15) is 12.1 Å². The maximum Gasteiger partial charge on any atom is 0.239 e. The van der Waals surface area contributed by atoms with Crippen LogP contribution in [-0.2, 0) is 16.1 Å². The topological polar surface area (TPSA) is 72.7 Å². The maximum absolute atomic E-state index is 11.8. The molecular weight excluding hydrogens is 400 g/mol. The van der Waals surface area contributed by atoms with Crippen molar-refractivity contribution in [3.63, 3.8) is 0 Å². The first kappa shape index (κ1) is 18.5. The van der Waals surface area contributed by atoms with E-state index in [4.69, 9.17) is 4.84 Å². The molecule has 1 unspecified atom stereocenters. The second kappa shape index (κ2) is 8.42. The van der Waals surface area contributed by atoms with Crippen LogP contribution >= 0.6 is 15.9 Å². The van der Waals surface area contributed by atoms with E-state index in [-0.39, 0.29) is 4.92 Å². The Kier molecular flexibility index (Phi) is 6.00. The van der Waals surface area contributed by atoms with Gasteiger partial charge in [-0.05, 0) is 42.7 Å². The smallest absolute Gasteiger partial charge is 0.239 e. The molecule has 0 amide bonds. The molecule has 3 atom stereocenters. The van der Waals surface area contributed by atoms with Crippen LogP contribution in [0.1, 0.15) is 18.4 Å². The molecule has 0 N–H and O–H groups in total. The molecule has 1 aliphatic rings. The molecule has 26 heavy (non-hydrogen) atoms. The Labute approximate surface area is 160 Å². The maximum atomic E-state index is 11.8. The summed E-state index contributed by atoms with van der Waals surface area (Å²) in [5, 5.41) is 13.4. The molecule has 7 heteroatoms. The Morgan fingerprint density at radius 1 is 1.19 bits per heavy atom. The summed E-state index contributed by atoms with van der Waals surface area (Å²) in [5.74, 6) is 0. The SMILES string of the molecule is O=C[C@H]1CC[C@H](C(Cc2ccc(Br)cc2)[N+](=O)[O-])N(c2ccccc2)O1. The molecule has 1 heterocycles. The highest BCUT2D eigenvalue weighted by Crippen LogP contribution is 2.30. The molecule has 0 aliphatic carbocycles. The van der Waals surface area contributed by atoms with Gasteiger partial charge in [0, 0.05) is 15.8 Å². The summed E-state index contributed by atoms with van der Waals surface area (Å²) in [6.45, 7) is 0. The van der Waals surface area contributed by atoms with Crippen molar-refractivity contribution in [2.75, 3.05) is 5.06 Å². The second-order valence-corrected chi connectivity index (χ2v) is 7.18. The van der Waals surface area contributed by atoms with Crippen molar-refractivity contribution in [1.29, 1.82) is 0 Å². The number of carbonyl (C=O) groups is 1. The third-order valence-corrected chi connectivity index (χ3v) is 5.06.